The Morgan fingerprint density at radius 1 is 1.20 bits per heavy atom. The summed E-state index contributed by atoms with van der Waals surface area (Å²) in [7, 11) is 0. The fourth-order valence-corrected chi connectivity index (χ4v) is 3.23. The third kappa shape index (κ3) is 2.27. The van der Waals surface area contributed by atoms with Crippen LogP contribution in [0.25, 0.3) is 0 Å². The first-order valence-electron chi connectivity index (χ1n) is 6.82. The molecule has 1 heterocycles. The summed E-state index contributed by atoms with van der Waals surface area (Å²) < 4.78 is 0.994. The maximum absolute atomic E-state index is 11.4. The molecule has 0 fully saturated rings. The summed E-state index contributed by atoms with van der Waals surface area (Å²) in [6, 6.07) is 14.6. The van der Waals surface area contributed by atoms with Gasteiger partial charge in [-0.2, -0.15) is 0 Å². The van der Waals surface area contributed by atoms with Crippen LogP contribution in [-0.2, 0) is 6.42 Å². The third-order valence-corrected chi connectivity index (χ3v) is 4.40. The van der Waals surface area contributed by atoms with Crippen LogP contribution in [0.15, 0.2) is 46.9 Å². The van der Waals surface area contributed by atoms with Crippen molar-refractivity contribution in [2.24, 2.45) is 0 Å². The Balaban J connectivity index is 2.18. The monoisotopic (exact) mass is 329 g/mol. The summed E-state index contributed by atoms with van der Waals surface area (Å²) in [4.78, 5) is 13.6. The number of aldehydes is 1. The summed E-state index contributed by atoms with van der Waals surface area (Å²) in [6.45, 7) is 2.21. The van der Waals surface area contributed by atoms with Crippen LogP contribution in [0.1, 0.15) is 29.3 Å². The minimum Gasteiger partial charge on any atom is -0.338 e. The van der Waals surface area contributed by atoms with Gasteiger partial charge in [-0.15, -0.1) is 0 Å². The van der Waals surface area contributed by atoms with E-state index < -0.39 is 0 Å². The van der Waals surface area contributed by atoms with Crippen molar-refractivity contribution >= 4 is 33.6 Å². The molecule has 1 aliphatic rings. The van der Waals surface area contributed by atoms with Crippen molar-refractivity contribution in [3.05, 3.63) is 58.1 Å². The average molecular weight is 330 g/mol. The van der Waals surface area contributed by atoms with E-state index in [1.165, 1.54) is 11.3 Å². The number of nitrogens with zero attached hydrogens (tertiary/aromatic N) is 1. The maximum Gasteiger partial charge on any atom is 0.152 e. The number of hydrogen-bond acceptors (Lipinski definition) is 2. The van der Waals surface area contributed by atoms with Crippen LogP contribution < -0.4 is 4.90 Å². The molecule has 0 N–H and O–H groups in total. The molecule has 0 spiro atoms. The summed E-state index contributed by atoms with van der Waals surface area (Å²) in [5.41, 5.74) is 4.28. The Hall–Kier alpha value is -1.61. The van der Waals surface area contributed by atoms with Crippen LogP contribution in [-0.4, -0.2) is 12.3 Å². The van der Waals surface area contributed by atoms with Gasteiger partial charge in [0, 0.05) is 21.8 Å². The molecule has 0 saturated carbocycles. The number of carbonyl (C=O) groups excluding carboxylic acids is 1. The number of halogens is 1. The molecule has 0 radical (unpaired) electrons. The lowest BCUT2D eigenvalue weighted by Gasteiger charge is -2.37. The highest BCUT2D eigenvalue weighted by Gasteiger charge is 2.25. The molecule has 2 nitrogen and oxygen atoms in total. The van der Waals surface area contributed by atoms with Gasteiger partial charge in [-0.1, -0.05) is 34.1 Å². The molecule has 102 valence electrons. The van der Waals surface area contributed by atoms with E-state index in [1.807, 2.05) is 18.2 Å². The fourth-order valence-electron chi connectivity index (χ4n) is 2.88. The molecule has 0 aliphatic carbocycles. The Morgan fingerprint density at radius 3 is 2.80 bits per heavy atom. The summed E-state index contributed by atoms with van der Waals surface area (Å²) in [5, 5.41) is 0. The van der Waals surface area contributed by atoms with Crippen molar-refractivity contribution in [1.82, 2.24) is 0 Å². The smallest absolute Gasteiger partial charge is 0.152 e. The van der Waals surface area contributed by atoms with E-state index in [4.69, 9.17) is 0 Å². The van der Waals surface area contributed by atoms with Gasteiger partial charge in [-0.25, -0.2) is 0 Å². The molecule has 1 unspecified atom stereocenters. The normalized spacial score (nSPS) is 17.7. The minimum absolute atomic E-state index is 0.387. The number of benzene rings is 2. The first-order valence-corrected chi connectivity index (χ1v) is 7.62. The first kappa shape index (κ1) is 13.4. The van der Waals surface area contributed by atoms with Crippen LogP contribution in [0.2, 0.25) is 0 Å². The van der Waals surface area contributed by atoms with Gasteiger partial charge in [0.2, 0.25) is 0 Å². The van der Waals surface area contributed by atoms with Gasteiger partial charge in [0.05, 0.1) is 5.69 Å². The van der Waals surface area contributed by atoms with E-state index in [1.54, 1.807) is 0 Å². The van der Waals surface area contributed by atoms with Crippen molar-refractivity contribution in [1.29, 1.82) is 0 Å². The number of carbonyl (C=O) groups is 1. The average Bonchev–Trinajstić information content (AvgIpc) is 2.47. The summed E-state index contributed by atoms with van der Waals surface area (Å²) >= 11 is 3.51. The molecule has 2 aromatic carbocycles. The second-order valence-corrected chi connectivity index (χ2v) is 6.12. The lowest BCUT2D eigenvalue weighted by molar-refractivity contribution is 0.112. The quantitative estimate of drug-likeness (QED) is 0.742. The van der Waals surface area contributed by atoms with Crippen LogP contribution in [0.5, 0.6) is 0 Å². The Kier molecular flexibility index (Phi) is 3.62. The van der Waals surface area contributed by atoms with Gasteiger partial charge in [-0.3, -0.25) is 4.79 Å². The van der Waals surface area contributed by atoms with Crippen LogP contribution in [0, 0.1) is 0 Å². The SMILES string of the molecule is CC1CCc2ccccc2N1c1cc(Br)ccc1C=O. The van der Waals surface area contributed by atoms with Crippen molar-refractivity contribution in [3.63, 3.8) is 0 Å². The second kappa shape index (κ2) is 5.41. The molecule has 1 atom stereocenters. The number of rotatable bonds is 2. The predicted molar refractivity (Wildman–Crippen MR) is 85.9 cm³/mol. The van der Waals surface area contributed by atoms with Crippen LogP contribution in [0.3, 0.4) is 0 Å². The Labute approximate surface area is 127 Å². The van der Waals surface area contributed by atoms with E-state index in [0.29, 0.717) is 6.04 Å². The highest BCUT2D eigenvalue weighted by Crippen LogP contribution is 2.38. The second-order valence-electron chi connectivity index (χ2n) is 5.21. The molecule has 2 aromatic rings. The van der Waals surface area contributed by atoms with Gasteiger partial charge in [0.1, 0.15) is 0 Å². The van der Waals surface area contributed by atoms with Gasteiger partial charge in [0.25, 0.3) is 0 Å². The van der Waals surface area contributed by atoms with E-state index in [2.05, 4.69) is 52.0 Å². The molecule has 1 aliphatic heterocycles. The van der Waals surface area contributed by atoms with E-state index >= 15 is 0 Å². The topological polar surface area (TPSA) is 20.3 Å². The van der Waals surface area contributed by atoms with Crippen LogP contribution >= 0.6 is 15.9 Å². The highest BCUT2D eigenvalue weighted by molar-refractivity contribution is 9.10. The lowest BCUT2D eigenvalue weighted by atomic mass is 9.95. The fraction of sp³-hybridized carbons (Fsp3) is 0.235. The third-order valence-electron chi connectivity index (χ3n) is 3.90. The van der Waals surface area contributed by atoms with Gasteiger partial charge >= 0.3 is 0 Å². The summed E-state index contributed by atoms with van der Waals surface area (Å²) in [5.74, 6) is 0. The zero-order valence-corrected chi connectivity index (χ0v) is 12.9. The number of aryl methyl sites for hydroxylation is 1. The predicted octanol–water partition coefficient (Wildman–Crippen LogP) is 4.73. The number of hydrogen-bond donors (Lipinski definition) is 0. The molecule has 0 saturated heterocycles. The van der Waals surface area contributed by atoms with Crippen LogP contribution in [0.4, 0.5) is 11.4 Å². The first-order chi connectivity index (χ1) is 9.70. The number of fused-ring (bicyclic) bond motifs is 1. The number of para-hydroxylation sites is 1. The van der Waals surface area contributed by atoms with E-state index in [-0.39, 0.29) is 0 Å². The molecule has 0 amide bonds. The molecular formula is C17H16BrNO. The van der Waals surface area contributed by atoms with E-state index in [9.17, 15) is 4.79 Å². The van der Waals surface area contributed by atoms with Crippen molar-refractivity contribution in [2.75, 3.05) is 4.90 Å². The maximum atomic E-state index is 11.4. The molecular weight excluding hydrogens is 314 g/mol. The molecule has 3 rings (SSSR count). The Morgan fingerprint density at radius 2 is 2.00 bits per heavy atom. The zero-order valence-electron chi connectivity index (χ0n) is 11.3. The van der Waals surface area contributed by atoms with Crippen molar-refractivity contribution in [2.45, 2.75) is 25.8 Å². The number of anilines is 2. The lowest BCUT2D eigenvalue weighted by Crippen LogP contribution is -2.33. The van der Waals surface area contributed by atoms with Gasteiger partial charge in [-0.05, 0) is 49.6 Å². The highest BCUT2D eigenvalue weighted by atomic mass is 79.9. The largest absolute Gasteiger partial charge is 0.338 e. The van der Waals surface area contributed by atoms with Gasteiger partial charge < -0.3 is 4.90 Å². The standard InChI is InChI=1S/C17H16BrNO/c1-12-6-7-13-4-2-3-5-16(13)19(12)17-10-15(18)9-8-14(17)11-20/h2-5,8-12H,6-7H2,1H3. The van der Waals surface area contributed by atoms with Gasteiger partial charge in [0.15, 0.2) is 6.29 Å². The molecule has 0 aromatic heterocycles. The molecule has 20 heavy (non-hydrogen) atoms. The Bertz CT molecular complexity index is 653. The molecule has 3 heteroatoms. The van der Waals surface area contributed by atoms with E-state index in [0.717, 1.165) is 34.9 Å². The van der Waals surface area contributed by atoms with Crippen molar-refractivity contribution in [3.8, 4) is 0 Å². The minimum atomic E-state index is 0.387. The molecule has 0 bridgehead atoms. The van der Waals surface area contributed by atoms with Crippen molar-refractivity contribution < 1.29 is 4.79 Å². The summed E-state index contributed by atoms with van der Waals surface area (Å²) in [6.07, 6.45) is 3.13. The zero-order chi connectivity index (χ0) is 14.1.